The van der Waals surface area contributed by atoms with Gasteiger partial charge in [0, 0.05) is 19.3 Å². The molecule has 1 amide bonds. The number of quaternary nitrogens is 1. The molecule has 0 radical (unpaired) electrons. The smallest absolute Gasteiger partial charge is 0.282 e. The quantitative estimate of drug-likeness (QED) is 0.872. The standard InChI is InChI=1S/C20H28N2O2/c1-13(19(23)21-17-5-3-4-6-18(17)24-2)22-20-10-14-7-15(11-20)9-16(8-14)12-20/h3-6,13-16,22H,7-12H2,1-2H3,(H,21,23)/p+1/t13-,14?,15?,16?,20?/m1/s1. The first-order valence-electron chi connectivity index (χ1n) is 9.37. The number of para-hydroxylation sites is 2. The van der Waals surface area contributed by atoms with E-state index in [1.54, 1.807) is 7.11 Å². The van der Waals surface area contributed by atoms with E-state index in [-0.39, 0.29) is 11.9 Å². The maximum atomic E-state index is 12.7. The van der Waals surface area contributed by atoms with Gasteiger partial charge in [0.1, 0.15) is 5.75 Å². The first-order valence-corrected chi connectivity index (χ1v) is 9.37. The maximum absolute atomic E-state index is 12.7. The highest BCUT2D eigenvalue weighted by atomic mass is 16.5. The molecule has 0 aliphatic heterocycles. The molecule has 4 fully saturated rings. The fourth-order valence-electron chi connectivity index (χ4n) is 5.98. The predicted molar refractivity (Wildman–Crippen MR) is 93.9 cm³/mol. The van der Waals surface area contributed by atoms with Crippen LogP contribution in [0.1, 0.15) is 45.4 Å². The minimum atomic E-state index is -0.0637. The Morgan fingerprint density at radius 3 is 2.33 bits per heavy atom. The van der Waals surface area contributed by atoms with Crippen LogP contribution in [0.3, 0.4) is 0 Å². The molecular formula is C20H29N2O2+. The van der Waals surface area contributed by atoms with Crippen LogP contribution in [-0.2, 0) is 4.79 Å². The second-order valence-electron chi connectivity index (χ2n) is 8.42. The summed E-state index contributed by atoms with van der Waals surface area (Å²) in [5.74, 6) is 3.54. The number of ether oxygens (including phenoxy) is 1. The Bertz CT molecular complexity index is 593. The van der Waals surface area contributed by atoms with Gasteiger partial charge in [0.2, 0.25) is 0 Å². The monoisotopic (exact) mass is 329 g/mol. The van der Waals surface area contributed by atoms with Crippen LogP contribution < -0.4 is 15.4 Å². The van der Waals surface area contributed by atoms with Crippen LogP contribution >= 0.6 is 0 Å². The number of rotatable bonds is 5. The first-order chi connectivity index (χ1) is 11.6. The van der Waals surface area contributed by atoms with Gasteiger partial charge in [-0.1, -0.05) is 12.1 Å². The topological polar surface area (TPSA) is 54.9 Å². The summed E-state index contributed by atoms with van der Waals surface area (Å²) >= 11 is 0. The number of carbonyl (C=O) groups is 1. The number of nitrogens with one attached hydrogen (secondary N) is 1. The van der Waals surface area contributed by atoms with Gasteiger partial charge in [-0.2, -0.15) is 0 Å². The second-order valence-corrected chi connectivity index (χ2v) is 8.42. The minimum absolute atomic E-state index is 0.0637. The van der Waals surface area contributed by atoms with E-state index in [4.69, 9.17) is 4.74 Å². The molecule has 0 aromatic heterocycles. The van der Waals surface area contributed by atoms with Crippen LogP contribution in [0.5, 0.6) is 5.75 Å². The van der Waals surface area contributed by atoms with Crippen molar-refractivity contribution < 1.29 is 14.8 Å². The molecule has 5 rings (SSSR count). The zero-order chi connectivity index (χ0) is 16.7. The number of carbonyl (C=O) groups excluding carboxylic acids is 1. The van der Waals surface area contributed by atoms with Gasteiger partial charge in [0.25, 0.3) is 5.91 Å². The molecule has 4 aliphatic carbocycles. The highest BCUT2D eigenvalue weighted by Crippen LogP contribution is 2.54. The lowest BCUT2D eigenvalue weighted by molar-refractivity contribution is -0.754. The summed E-state index contributed by atoms with van der Waals surface area (Å²) in [6.07, 6.45) is 8.25. The van der Waals surface area contributed by atoms with Crippen molar-refractivity contribution in [3.8, 4) is 5.75 Å². The third-order valence-corrected chi connectivity index (χ3v) is 6.47. The Labute approximate surface area is 144 Å². The third kappa shape index (κ3) is 2.92. The molecule has 0 saturated heterocycles. The highest BCUT2D eigenvalue weighted by molar-refractivity contribution is 5.94. The SMILES string of the molecule is COc1ccccc1NC(=O)[C@@H](C)[NH2+]C12CC3CC(CC(C3)C1)C2. The molecule has 4 aliphatic rings. The lowest BCUT2D eigenvalue weighted by Gasteiger charge is -2.55. The zero-order valence-electron chi connectivity index (χ0n) is 14.8. The van der Waals surface area contributed by atoms with Crippen molar-refractivity contribution in [3.63, 3.8) is 0 Å². The summed E-state index contributed by atoms with van der Waals surface area (Å²) in [5.41, 5.74) is 1.09. The van der Waals surface area contributed by atoms with Gasteiger partial charge in [-0.05, 0) is 56.1 Å². The summed E-state index contributed by atoms with van der Waals surface area (Å²) in [6.45, 7) is 2.04. The number of amides is 1. The normalized spacial score (nSPS) is 34.8. The van der Waals surface area contributed by atoms with Crippen LogP contribution in [0.2, 0.25) is 0 Å². The number of nitrogens with two attached hydrogens (primary N) is 1. The number of methoxy groups -OCH3 is 1. The van der Waals surface area contributed by atoms with Crippen molar-refractivity contribution in [2.75, 3.05) is 12.4 Å². The Morgan fingerprint density at radius 1 is 1.17 bits per heavy atom. The van der Waals surface area contributed by atoms with Crippen molar-refractivity contribution in [1.29, 1.82) is 0 Å². The van der Waals surface area contributed by atoms with E-state index in [1.807, 2.05) is 31.2 Å². The molecule has 1 aromatic rings. The molecule has 4 saturated carbocycles. The number of benzene rings is 1. The van der Waals surface area contributed by atoms with Gasteiger partial charge in [0.15, 0.2) is 6.04 Å². The molecule has 0 spiro atoms. The van der Waals surface area contributed by atoms with Gasteiger partial charge >= 0.3 is 0 Å². The fourth-order valence-corrected chi connectivity index (χ4v) is 5.98. The van der Waals surface area contributed by atoms with Crippen LogP contribution in [-0.4, -0.2) is 24.6 Å². The highest BCUT2D eigenvalue weighted by Gasteiger charge is 2.54. The Balaban J connectivity index is 1.42. The van der Waals surface area contributed by atoms with E-state index in [0.717, 1.165) is 23.4 Å². The zero-order valence-corrected chi connectivity index (χ0v) is 14.8. The van der Waals surface area contributed by atoms with Gasteiger partial charge in [-0.3, -0.25) is 4.79 Å². The van der Waals surface area contributed by atoms with Crippen LogP contribution in [0.25, 0.3) is 0 Å². The lowest BCUT2D eigenvalue weighted by atomic mass is 9.53. The largest absolute Gasteiger partial charge is 0.495 e. The molecule has 130 valence electrons. The molecule has 1 aromatic carbocycles. The van der Waals surface area contributed by atoms with Crippen molar-refractivity contribution in [2.24, 2.45) is 17.8 Å². The summed E-state index contributed by atoms with van der Waals surface area (Å²) in [5, 5.41) is 5.44. The van der Waals surface area contributed by atoms with Crippen LogP contribution in [0, 0.1) is 17.8 Å². The summed E-state index contributed by atoms with van der Waals surface area (Å²) < 4.78 is 5.34. The first kappa shape index (κ1) is 15.9. The Kier molecular flexibility index (Phi) is 4.03. The fraction of sp³-hybridized carbons (Fsp3) is 0.650. The van der Waals surface area contributed by atoms with E-state index in [0.29, 0.717) is 11.3 Å². The average Bonchev–Trinajstić information content (AvgIpc) is 2.53. The summed E-state index contributed by atoms with van der Waals surface area (Å²) in [6, 6.07) is 7.55. The van der Waals surface area contributed by atoms with Gasteiger partial charge < -0.3 is 15.4 Å². The van der Waals surface area contributed by atoms with Crippen molar-refractivity contribution in [1.82, 2.24) is 0 Å². The molecule has 3 N–H and O–H groups in total. The van der Waals surface area contributed by atoms with E-state index < -0.39 is 0 Å². The van der Waals surface area contributed by atoms with E-state index >= 15 is 0 Å². The van der Waals surface area contributed by atoms with E-state index in [2.05, 4.69) is 10.6 Å². The number of hydrogen-bond acceptors (Lipinski definition) is 2. The average molecular weight is 329 g/mol. The number of hydrogen-bond donors (Lipinski definition) is 2. The van der Waals surface area contributed by atoms with Gasteiger partial charge in [-0.15, -0.1) is 0 Å². The minimum Gasteiger partial charge on any atom is -0.495 e. The summed E-state index contributed by atoms with van der Waals surface area (Å²) in [4.78, 5) is 12.7. The predicted octanol–water partition coefficient (Wildman–Crippen LogP) is 2.55. The molecule has 4 bridgehead atoms. The van der Waals surface area contributed by atoms with Crippen molar-refractivity contribution in [3.05, 3.63) is 24.3 Å². The molecular weight excluding hydrogens is 300 g/mol. The molecule has 4 heteroatoms. The van der Waals surface area contributed by atoms with Gasteiger partial charge in [0.05, 0.1) is 18.3 Å². The third-order valence-electron chi connectivity index (χ3n) is 6.47. The molecule has 1 atom stereocenters. The van der Waals surface area contributed by atoms with Crippen LogP contribution in [0.15, 0.2) is 24.3 Å². The Hall–Kier alpha value is -1.55. The summed E-state index contributed by atoms with van der Waals surface area (Å²) in [7, 11) is 1.63. The second kappa shape index (κ2) is 6.07. The maximum Gasteiger partial charge on any atom is 0.282 e. The van der Waals surface area contributed by atoms with Gasteiger partial charge in [-0.25, -0.2) is 0 Å². The van der Waals surface area contributed by atoms with Crippen molar-refractivity contribution in [2.45, 2.75) is 57.0 Å². The van der Waals surface area contributed by atoms with E-state index in [1.165, 1.54) is 38.5 Å². The number of anilines is 1. The Morgan fingerprint density at radius 2 is 1.75 bits per heavy atom. The van der Waals surface area contributed by atoms with Crippen molar-refractivity contribution >= 4 is 11.6 Å². The molecule has 4 nitrogen and oxygen atoms in total. The molecule has 0 unspecified atom stereocenters. The lowest BCUT2D eigenvalue weighted by Crippen LogP contribution is -3.03. The van der Waals surface area contributed by atoms with E-state index in [9.17, 15) is 4.79 Å². The van der Waals surface area contributed by atoms with Crippen LogP contribution in [0.4, 0.5) is 5.69 Å². The molecule has 0 heterocycles. The molecule has 24 heavy (non-hydrogen) atoms.